The van der Waals surface area contributed by atoms with Gasteiger partial charge in [-0.1, -0.05) is 42.5 Å². The van der Waals surface area contributed by atoms with Gasteiger partial charge in [0.1, 0.15) is 13.2 Å². The molecule has 0 saturated carbocycles. The van der Waals surface area contributed by atoms with Crippen LogP contribution in [0.25, 0.3) is 6.08 Å². The maximum absolute atomic E-state index is 13.3. The van der Waals surface area contributed by atoms with Gasteiger partial charge in [-0.15, -0.1) is 0 Å². The van der Waals surface area contributed by atoms with Crippen molar-refractivity contribution in [2.75, 3.05) is 61.6 Å². The molecule has 1 saturated heterocycles. The normalized spacial score (nSPS) is 13.2. The van der Waals surface area contributed by atoms with Gasteiger partial charge in [-0.2, -0.15) is 9.97 Å². The van der Waals surface area contributed by atoms with E-state index >= 15 is 0 Å². The summed E-state index contributed by atoms with van der Waals surface area (Å²) in [4.78, 5) is 27.1. The van der Waals surface area contributed by atoms with Gasteiger partial charge in [0.05, 0.1) is 25.7 Å². The topological polar surface area (TPSA) is 163 Å². The molecule has 240 valence electrons. The molecule has 4 aromatic rings. The van der Waals surface area contributed by atoms with Crippen LogP contribution in [-0.4, -0.2) is 76.1 Å². The maximum atomic E-state index is 13.3. The summed E-state index contributed by atoms with van der Waals surface area (Å²) in [7, 11) is -2.63. The molecule has 0 spiro atoms. The Hall–Kier alpha value is -5.41. The summed E-state index contributed by atoms with van der Waals surface area (Å²) in [5.74, 6) is 0.424. The molecule has 0 radical (unpaired) electrons. The standard InChI is InChI=1S/C31H32N6O8S/c1-41-25-9-5-6-10-26(25)45-27-28(36-46(39,40)22-13-23-7-3-2-4-8-23)34-30(37-16-18-42-19-17-37)35-29(27)43-20-21-44-31(38)33-24-11-14-32-15-12-24/h2-15,22H,16-21H2,1H3,(H,32,33,38)(H,34,35,36)/b22-13+. The first-order valence-corrected chi connectivity index (χ1v) is 15.7. The highest BCUT2D eigenvalue weighted by Gasteiger charge is 2.26. The minimum atomic E-state index is -4.11. The summed E-state index contributed by atoms with van der Waals surface area (Å²) in [6.45, 7) is 1.48. The zero-order valence-corrected chi connectivity index (χ0v) is 25.7. The van der Waals surface area contributed by atoms with Crippen molar-refractivity contribution in [3.8, 4) is 23.1 Å². The number of rotatable bonds is 13. The zero-order chi connectivity index (χ0) is 32.2. The number of hydrogen-bond acceptors (Lipinski definition) is 12. The third-order valence-electron chi connectivity index (χ3n) is 6.36. The van der Waals surface area contributed by atoms with Gasteiger partial charge in [-0.05, 0) is 35.9 Å². The first kappa shape index (κ1) is 32.0. The minimum Gasteiger partial charge on any atom is -0.493 e. The Labute approximate surface area is 266 Å². The molecule has 46 heavy (non-hydrogen) atoms. The number of amides is 1. The Morgan fingerprint density at radius 3 is 2.41 bits per heavy atom. The molecular weight excluding hydrogens is 616 g/mol. The van der Waals surface area contributed by atoms with Gasteiger partial charge in [-0.25, -0.2) is 13.2 Å². The molecule has 2 N–H and O–H groups in total. The summed E-state index contributed by atoms with van der Waals surface area (Å²) in [6, 6.07) is 19.0. The molecule has 5 rings (SSSR count). The number of nitrogens with one attached hydrogen (secondary N) is 2. The predicted octanol–water partition coefficient (Wildman–Crippen LogP) is 4.55. The molecule has 1 aliphatic heterocycles. The molecule has 1 fully saturated rings. The number of ether oxygens (including phenoxy) is 5. The van der Waals surface area contributed by atoms with Gasteiger partial charge in [0.2, 0.25) is 11.7 Å². The Morgan fingerprint density at radius 1 is 0.957 bits per heavy atom. The van der Waals surface area contributed by atoms with Crippen molar-refractivity contribution in [3.05, 3.63) is 90.1 Å². The average molecular weight is 649 g/mol. The summed E-state index contributed by atoms with van der Waals surface area (Å²) in [5, 5.41) is 3.61. The fourth-order valence-electron chi connectivity index (χ4n) is 4.16. The number of nitrogens with zero attached hydrogens (tertiary/aromatic N) is 4. The fraction of sp³-hybridized carbons (Fsp3) is 0.226. The van der Waals surface area contributed by atoms with E-state index in [2.05, 4.69) is 25.0 Å². The van der Waals surface area contributed by atoms with E-state index in [1.807, 2.05) is 11.0 Å². The highest BCUT2D eigenvalue weighted by molar-refractivity contribution is 7.95. The van der Waals surface area contributed by atoms with Crippen LogP contribution in [0.3, 0.4) is 0 Å². The van der Waals surface area contributed by atoms with E-state index in [0.717, 1.165) is 5.41 Å². The van der Waals surface area contributed by atoms with Crippen molar-refractivity contribution >= 4 is 39.6 Å². The second kappa shape index (κ2) is 15.5. The van der Waals surface area contributed by atoms with Crippen molar-refractivity contribution in [1.82, 2.24) is 15.0 Å². The number of carbonyl (C=O) groups is 1. The molecule has 0 bridgehead atoms. The lowest BCUT2D eigenvalue weighted by molar-refractivity contribution is 0.121. The van der Waals surface area contributed by atoms with Crippen LogP contribution in [0.2, 0.25) is 0 Å². The number of morpholine rings is 1. The molecule has 0 unspecified atom stereocenters. The van der Waals surface area contributed by atoms with E-state index in [-0.39, 0.29) is 42.4 Å². The molecule has 0 aliphatic carbocycles. The van der Waals surface area contributed by atoms with E-state index in [1.54, 1.807) is 60.7 Å². The zero-order valence-electron chi connectivity index (χ0n) is 24.9. The maximum Gasteiger partial charge on any atom is 0.411 e. The van der Waals surface area contributed by atoms with Gasteiger partial charge in [0, 0.05) is 31.2 Å². The summed E-state index contributed by atoms with van der Waals surface area (Å²) in [5.41, 5.74) is 1.20. The van der Waals surface area contributed by atoms with E-state index in [4.69, 9.17) is 23.7 Å². The van der Waals surface area contributed by atoms with Crippen LogP contribution in [0.4, 0.5) is 22.2 Å². The number of anilines is 3. The van der Waals surface area contributed by atoms with E-state index < -0.39 is 16.1 Å². The third-order valence-corrected chi connectivity index (χ3v) is 7.33. The van der Waals surface area contributed by atoms with Gasteiger partial charge in [-0.3, -0.25) is 15.0 Å². The smallest absolute Gasteiger partial charge is 0.411 e. The van der Waals surface area contributed by atoms with Crippen LogP contribution in [0.5, 0.6) is 23.1 Å². The lowest BCUT2D eigenvalue weighted by atomic mass is 10.2. The summed E-state index contributed by atoms with van der Waals surface area (Å²) < 4.78 is 57.4. The van der Waals surface area contributed by atoms with Crippen LogP contribution in [0.15, 0.2) is 84.5 Å². The molecule has 15 heteroatoms. The van der Waals surface area contributed by atoms with E-state index in [9.17, 15) is 13.2 Å². The lowest BCUT2D eigenvalue weighted by Gasteiger charge is -2.28. The molecule has 1 aliphatic rings. The summed E-state index contributed by atoms with van der Waals surface area (Å²) >= 11 is 0. The second-order valence-corrected chi connectivity index (χ2v) is 11.1. The molecule has 2 aromatic heterocycles. The monoisotopic (exact) mass is 648 g/mol. The first-order chi connectivity index (χ1) is 22.4. The average Bonchev–Trinajstić information content (AvgIpc) is 3.08. The number of hydrogen-bond donors (Lipinski definition) is 2. The number of pyridine rings is 1. The number of methoxy groups -OCH3 is 1. The largest absolute Gasteiger partial charge is 0.493 e. The molecule has 0 atom stereocenters. The van der Waals surface area contributed by atoms with Crippen molar-refractivity contribution in [3.63, 3.8) is 0 Å². The van der Waals surface area contributed by atoms with Crippen LogP contribution >= 0.6 is 0 Å². The Balaban J connectivity index is 1.45. The quantitative estimate of drug-likeness (QED) is 0.195. The van der Waals surface area contributed by atoms with Crippen LogP contribution in [0, 0.1) is 0 Å². The number of sulfonamides is 1. The second-order valence-electron chi connectivity index (χ2n) is 9.56. The van der Waals surface area contributed by atoms with Crippen molar-refractivity contribution in [2.45, 2.75) is 0 Å². The van der Waals surface area contributed by atoms with Crippen molar-refractivity contribution < 1.29 is 36.9 Å². The molecular formula is C31H32N6O8S. The molecule has 1 amide bonds. The van der Waals surface area contributed by atoms with Crippen LogP contribution in [0.1, 0.15) is 5.56 Å². The van der Waals surface area contributed by atoms with Crippen molar-refractivity contribution in [1.29, 1.82) is 0 Å². The highest BCUT2D eigenvalue weighted by Crippen LogP contribution is 2.41. The Kier molecular flexibility index (Phi) is 10.8. The van der Waals surface area contributed by atoms with E-state index in [1.165, 1.54) is 25.6 Å². The third kappa shape index (κ3) is 9.06. The first-order valence-electron chi connectivity index (χ1n) is 14.2. The Bertz CT molecular complexity index is 1740. The molecule has 3 heterocycles. The number of aromatic nitrogens is 3. The highest BCUT2D eigenvalue weighted by atomic mass is 32.2. The van der Waals surface area contributed by atoms with Gasteiger partial charge < -0.3 is 28.6 Å². The van der Waals surface area contributed by atoms with Crippen molar-refractivity contribution in [2.24, 2.45) is 0 Å². The van der Waals surface area contributed by atoms with E-state index in [0.29, 0.717) is 43.3 Å². The molecule has 14 nitrogen and oxygen atoms in total. The fourth-order valence-corrected chi connectivity index (χ4v) is 4.97. The van der Waals surface area contributed by atoms with Gasteiger partial charge in [0.25, 0.3) is 15.9 Å². The number of carbonyl (C=O) groups excluding carboxylic acids is 1. The predicted molar refractivity (Wildman–Crippen MR) is 171 cm³/mol. The number of para-hydroxylation sites is 2. The van der Waals surface area contributed by atoms with Crippen LogP contribution in [-0.2, 0) is 19.5 Å². The summed E-state index contributed by atoms with van der Waals surface area (Å²) in [6.07, 6.45) is 3.83. The minimum absolute atomic E-state index is 0.0923. The van der Waals surface area contributed by atoms with Crippen LogP contribution < -0.4 is 29.1 Å². The Morgan fingerprint density at radius 2 is 1.67 bits per heavy atom. The van der Waals surface area contributed by atoms with Gasteiger partial charge >= 0.3 is 6.09 Å². The lowest BCUT2D eigenvalue weighted by Crippen LogP contribution is -2.37. The molecule has 2 aromatic carbocycles. The van der Waals surface area contributed by atoms with Gasteiger partial charge in [0.15, 0.2) is 17.3 Å². The number of benzene rings is 2. The SMILES string of the molecule is COc1ccccc1Oc1c(NS(=O)(=O)/C=C/c2ccccc2)nc(N2CCOCC2)nc1OCCOC(=O)Nc1ccncc1.